The van der Waals surface area contributed by atoms with E-state index in [0.717, 1.165) is 56.0 Å². The summed E-state index contributed by atoms with van der Waals surface area (Å²) < 4.78 is 7.68. The molecule has 2 saturated heterocycles. The molecule has 2 aliphatic rings. The van der Waals surface area contributed by atoms with Crippen molar-refractivity contribution >= 4 is 46.9 Å². The SMILES string of the molecule is CN=C(NCCn1cnc2ccccc21)N1CCN(C(=O)C2CCCO2)CC1.I. The van der Waals surface area contributed by atoms with Crippen molar-refractivity contribution in [2.24, 2.45) is 4.99 Å². The minimum absolute atomic E-state index is 0. The summed E-state index contributed by atoms with van der Waals surface area (Å²) >= 11 is 0. The number of piperazine rings is 1. The third kappa shape index (κ3) is 5.00. The van der Waals surface area contributed by atoms with Crippen LogP contribution in [0.3, 0.4) is 0 Å². The molecule has 0 spiro atoms. The van der Waals surface area contributed by atoms with Crippen LogP contribution in [0.1, 0.15) is 12.8 Å². The highest BCUT2D eigenvalue weighted by Crippen LogP contribution is 2.16. The van der Waals surface area contributed by atoms with Gasteiger partial charge in [0.25, 0.3) is 5.91 Å². The van der Waals surface area contributed by atoms with Gasteiger partial charge in [0.15, 0.2) is 5.96 Å². The minimum Gasteiger partial charge on any atom is -0.368 e. The quantitative estimate of drug-likeness (QED) is 0.383. The molecular formula is C20H29IN6O2. The van der Waals surface area contributed by atoms with Crippen molar-refractivity contribution in [3.63, 3.8) is 0 Å². The van der Waals surface area contributed by atoms with Crippen LogP contribution in [0.25, 0.3) is 11.0 Å². The molecule has 29 heavy (non-hydrogen) atoms. The summed E-state index contributed by atoms with van der Waals surface area (Å²) in [6.07, 6.45) is 3.49. The lowest BCUT2D eigenvalue weighted by molar-refractivity contribution is -0.142. The van der Waals surface area contributed by atoms with E-state index in [2.05, 4.69) is 30.8 Å². The maximum Gasteiger partial charge on any atom is 0.251 e. The minimum atomic E-state index is -0.228. The Hall–Kier alpha value is -1.88. The molecule has 2 aliphatic heterocycles. The molecule has 3 heterocycles. The highest BCUT2D eigenvalue weighted by atomic mass is 127. The zero-order valence-corrected chi connectivity index (χ0v) is 19.1. The van der Waals surface area contributed by atoms with Crippen molar-refractivity contribution in [1.29, 1.82) is 0 Å². The van der Waals surface area contributed by atoms with Crippen molar-refractivity contribution in [2.45, 2.75) is 25.5 Å². The second kappa shape index (κ2) is 10.2. The van der Waals surface area contributed by atoms with Gasteiger partial charge in [0.1, 0.15) is 6.10 Å². The van der Waals surface area contributed by atoms with Crippen LogP contribution in [-0.2, 0) is 16.1 Å². The highest BCUT2D eigenvalue weighted by Gasteiger charge is 2.30. The standard InChI is InChI=1S/C20H28N6O2.HI/c1-21-20(22-8-9-26-15-23-16-5-2-3-6-17(16)26)25-12-10-24(11-13-25)19(27)18-7-4-14-28-18;/h2-3,5-6,15,18H,4,7-14H2,1H3,(H,21,22);1H. The molecule has 0 aliphatic carbocycles. The normalized spacial score (nSPS) is 20.0. The topological polar surface area (TPSA) is 75.0 Å². The average molecular weight is 512 g/mol. The van der Waals surface area contributed by atoms with Gasteiger partial charge < -0.3 is 24.4 Å². The lowest BCUT2D eigenvalue weighted by Crippen LogP contribution is -2.55. The summed E-state index contributed by atoms with van der Waals surface area (Å²) in [7, 11) is 1.80. The summed E-state index contributed by atoms with van der Waals surface area (Å²) in [5, 5.41) is 3.44. The predicted molar refractivity (Wildman–Crippen MR) is 124 cm³/mol. The van der Waals surface area contributed by atoms with E-state index in [-0.39, 0.29) is 36.0 Å². The first-order valence-corrected chi connectivity index (χ1v) is 10.0. The molecule has 0 bridgehead atoms. The van der Waals surface area contributed by atoms with Gasteiger partial charge in [-0.15, -0.1) is 24.0 Å². The number of guanidine groups is 1. The number of carbonyl (C=O) groups excluding carboxylic acids is 1. The largest absolute Gasteiger partial charge is 0.368 e. The number of ether oxygens (including phenoxy) is 1. The lowest BCUT2D eigenvalue weighted by Gasteiger charge is -2.37. The van der Waals surface area contributed by atoms with Crippen molar-refractivity contribution < 1.29 is 9.53 Å². The molecule has 1 amide bonds. The Bertz CT molecular complexity index is 840. The molecule has 0 radical (unpaired) electrons. The van der Waals surface area contributed by atoms with Crippen LogP contribution in [-0.4, -0.2) is 83.7 Å². The molecule has 4 rings (SSSR count). The Labute approximate surface area is 188 Å². The van der Waals surface area contributed by atoms with Gasteiger partial charge in [-0.3, -0.25) is 9.79 Å². The first kappa shape index (κ1) is 21.8. The molecule has 9 heteroatoms. The fourth-order valence-electron chi connectivity index (χ4n) is 3.92. The second-order valence-corrected chi connectivity index (χ2v) is 7.21. The van der Waals surface area contributed by atoms with Gasteiger partial charge in [-0.1, -0.05) is 12.1 Å². The molecule has 1 aromatic carbocycles. The van der Waals surface area contributed by atoms with Crippen molar-refractivity contribution in [3.8, 4) is 0 Å². The van der Waals surface area contributed by atoms with Crippen LogP contribution < -0.4 is 5.32 Å². The van der Waals surface area contributed by atoms with E-state index in [1.807, 2.05) is 29.4 Å². The molecule has 1 N–H and O–H groups in total. The first-order chi connectivity index (χ1) is 13.8. The number of benzene rings is 1. The average Bonchev–Trinajstić information content (AvgIpc) is 3.41. The van der Waals surface area contributed by atoms with Gasteiger partial charge in [0.2, 0.25) is 0 Å². The highest BCUT2D eigenvalue weighted by molar-refractivity contribution is 14.0. The summed E-state index contributed by atoms with van der Waals surface area (Å²) in [6, 6.07) is 8.14. The lowest BCUT2D eigenvalue weighted by atomic mass is 10.2. The van der Waals surface area contributed by atoms with Crippen molar-refractivity contribution in [1.82, 2.24) is 24.7 Å². The van der Waals surface area contributed by atoms with Crippen LogP contribution in [0.15, 0.2) is 35.6 Å². The molecular weight excluding hydrogens is 483 g/mol. The second-order valence-electron chi connectivity index (χ2n) is 7.21. The third-order valence-corrected chi connectivity index (χ3v) is 5.47. The van der Waals surface area contributed by atoms with E-state index in [9.17, 15) is 4.79 Å². The smallest absolute Gasteiger partial charge is 0.251 e. The number of fused-ring (bicyclic) bond motifs is 1. The van der Waals surface area contributed by atoms with Gasteiger partial charge in [-0.05, 0) is 25.0 Å². The molecule has 2 fully saturated rings. The van der Waals surface area contributed by atoms with Gasteiger partial charge >= 0.3 is 0 Å². The Balaban J connectivity index is 0.00000240. The number of nitrogens with zero attached hydrogens (tertiary/aromatic N) is 5. The fraction of sp³-hybridized carbons (Fsp3) is 0.550. The maximum absolute atomic E-state index is 12.5. The number of hydrogen-bond acceptors (Lipinski definition) is 4. The van der Waals surface area contributed by atoms with Crippen molar-refractivity contribution in [3.05, 3.63) is 30.6 Å². The maximum atomic E-state index is 12.5. The van der Waals surface area contributed by atoms with Gasteiger partial charge in [0, 0.05) is 52.9 Å². The summed E-state index contributed by atoms with van der Waals surface area (Å²) in [5.74, 6) is 1.03. The number of hydrogen-bond donors (Lipinski definition) is 1. The van der Waals surface area contributed by atoms with Gasteiger partial charge in [-0.25, -0.2) is 4.98 Å². The monoisotopic (exact) mass is 512 g/mol. The van der Waals surface area contributed by atoms with E-state index < -0.39 is 0 Å². The van der Waals surface area contributed by atoms with Gasteiger partial charge in [0.05, 0.1) is 17.4 Å². The molecule has 2 aromatic rings. The predicted octanol–water partition coefficient (Wildman–Crippen LogP) is 1.55. The van der Waals surface area contributed by atoms with Crippen LogP contribution in [0.4, 0.5) is 0 Å². The number of rotatable bonds is 4. The van der Waals surface area contributed by atoms with Crippen molar-refractivity contribution in [2.75, 3.05) is 46.4 Å². The van der Waals surface area contributed by atoms with E-state index in [0.29, 0.717) is 19.7 Å². The Kier molecular flexibility index (Phi) is 7.70. The van der Waals surface area contributed by atoms with Crippen LogP contribution in [0.5, 0.6) is 0 Å². The molecule has 0 saturated carbocycles. The summed E-state index contributed by atoms with van der Waals surface area (Å²) in [4.78, 5) is 25.5. The molecule has 1 unspecified atom stereocenters. The molecule has 1 atom stereocenters. The summed E-state index contributed by atoms with van der Waals surface area (Å²) in [5.41, 5.74) is 2.15. The third-order valence-electron chi connectivity index (χ3n) is 5.47. The number of halogens is 1. The number of amides is 1. The van der Waals surface area contributed by atoms with E-state index in [4.69, 9.17) is 4.74 Å². The zero-order valence-electron chi connectivity index (χ0n) is 16.8. The number of imidazole rings is 1. The summed E-state index contributed by atoms with van der Waals surface area (Å²) in [6.45, 7) is 5.29. The van der Waals surface area contributed by atoms with E-state index in [1.54, 1.807) is 7.05 Å². The molecule has 158 valence electrons. The number of carbonyl (C=O) groups is 1. The number of nitrogens with one attached hydrogen (secondary N) is 1. The van der Waals surface area contributed by atoms with Crippen LogP contribution in [0, 0.1) is 0 Å². The van der Waals surface area contributed by atoms with E-state index >= 15 is 0 Å². The number of aliphatic imine (C=N–C) groups is 1. The Morgan fingerprint density at radius 2 is 2.00 bits per heavy atom. The first-order valence-electron chi connectivity index (χ1n) is 10.0. The molecule has 1 aromatic heterocycles. The Morgan fingerprint density at radius 1 is 1.24 bits per heavy atom. The van der Waals surface area contributed by atoms with Crippen LogP contribution in [0.2, 0.25) is 0 Å². The Morgan fingerprint density at radius 3 is 2.72 bits per heavy atom. The van der Waals surface area contributed by atoms with Gasteiger partial charge in [-0.2, -0.15) is 0 Å². The fourth-order valence-corrected chi connectivity index (χ4v) is 3.92. The zero-order chi connectivity index (χ0) is 19.3. The molecule has 8 nitrogen and oxygen atoms in total. The van der Waals surface area contributed by atoms with E-state index in [1.165, 1.54) is 0 Å². The number of para-hydroxylation sites is 2. The number of aromatic nitrogens is 2. The van der Waals surface area contributed by atoms with Crippen LogP contribution >= 0.6 is 24.0 Å².